The Balaban J connectivity index is 2.66. The Morgan fingerprint density at radius 3 is 2.73 bits per heavy atom. The van der Waals surface area contributed by atoms with Gasteiger partial charge in [0.25, 0.3) is 0 Å². The Morgan fingerprint density at radius 1 is 1.53 bits per heavy atom. The van der Waals surface area contributed by atoms with Crippen molar-refractivity contribution in [2.45, 2.75) is 32.8 Å². The molecule has 15 heavy (non-hydrogen) atoms. The molecule has 3 nitrogen and oxygen atoms in total. The van der Waals surface area contributed by atoms with E-state index in [2.05, 4.69) is 0 Å². The summed E-state index contributed by atoms with van der Waals surface area (Å²) in [4.78, 5) is 12.3. The topological polar surface area (TPSA) is 52.3 Å². The summed E-state index contributed by atoms with van der Waals surface area (Å²) in [6.07, 6.45) is 0.805. The second kappa shape index (κ2) is 4.77. The summed E-state index contributed by atoms with van der Waals surface area (Å²) in [5, 5.41) is 1.95. The summed E-state index contributed by atoms with van der Waals surface area (Å²) in [6.45, 7) is 6.18. The smallest absolute Gasteiger partial charge is 0.348 e. The Morgan fingerprint density at radius 2 is 2.20 bits per heavy atom. The molecule has 0 fully saturated rings. The zero-order chi connectivity index (χ0) is 11.5. The van der Waals surface area contributed by atoms with Crippen molar-refractivity contribution in [1.29, 1.82) is 0 Å². The predicted molar refractivity (Wildman–Crippen MR) is 62.2 cm³/mol. The molecular weight excluding hydrogens is 210 g/mol. The first-order chi connectivity index (χ1) is 6.92. The van der Waals surface area contributed by atoms with Crippen LogP contribution in [-0.2, 0) is 11.2 Å². The van der Waals surface area contributed by atoms with Gasteiger partial charge in [-0.05, 0) is 50.7 Å². The van der Waals surface area contributed by atoms with E-state index in [1.807, 2.05) is 32.2 Å². The molecule has 1 rings (SSSR count). The van der Waals surface area contributed by atoms with E-state index in [0.29, 0.717) is 11.4 Å². The van der Waals surface area contributed by atoms with Gasteiger partial charge >= 0.3 is 5.97 Å². The Hall–Kier alpha value is -0.870. The van der Waals surface area contributed by atoms with Crippen molar-refractivity contribution < 1.29 is 9.53 Å². The lowest BCUT2D eigenvalue weighted by Crippen LogP contribution is -2.23. The highest BCUT2D eigenvalue weighted by Crippen LogP contribution is 2.19. The van der Waals surface area contributed by atoms with Gasteiger partial charge in [0, 0.05) is 0 Å². The average molecular weight is 227 g/mol. The third kappa shape index (κ3) is 4.01. The van der Waals surface area contributed by atoms with Gasteiger partial charge in [0.15, 0.2) is 0 Å². The fraction of sp³-hybridized carbons (Fsp3) is 0.545. The summed E-state index contributed by atoms with van der Waals surface area (Å²) >= 11 is 1.41. The fourth-order valence-corrected chi connectivity index (χ4v) is 1.93. The van der Waals surface area contributed by atoms with E-state index >= 15 is 0 Å². The lowest BCUT2D eigenvalue weighted by atomic mass is 10.2. The maximum atomic E-state index is 11.6. The third-order valence-corrected chi connectivity index (χ3v) is 2.65. The minimum absolute atomic E-state index is 0.254. The lowest BCUT2D eigenvalue weighted by molar-refractivity contribution is 0.00752. The second-order valence-corrected chi connectivity index (χ2v) is 5.27. The lowest BCUT2D eigenvalue weighted by Gasteiger charge is -2.18. The van der Waals surface area contributed by atoms with Crippen molar-refractivity contribution >= 4 is 17.3 Å². The van der Waals surface area contributed by atoms with Crippen molar-refractivity contribution in [1.82, 2.24) is 0 Å². The molecule has 0 unspecified atom stereocenters. The molecule has 84 valence electrons. The summed E-state index contributed by atoms with van der Waals surface area (Å²) < 4.78 is 5.26. The van der Waals surface area contributed by atoms with Crippen molar-refractivity contribution in [3.8, 4) is 0 Å². The normalized spacial score (nSPS) is 11.5. The number of carbonyl (C=O) groups excluding carboxylic acids is 1. The van der Waals surface area contributed by atoms with E-state index in [0.717, 1.165) is 12.0 Å². The summed E-state index contributed by atoms with van der Waals surface area (Å²) in [6, 6.07) is 1.85. The molecule has 1 heterocycles. The van der Waals surface area contributed by atoms with Crippen molar-refractivity contribution in [3.05, 3.63) is 21.9 Å². The highest BCUT2D eigenvalue weighted by atomic mass is 32.1. The van der Waals surface area contributed by atoms with Crippen LogP contribution in [0.3, 0.4) is 0 Å². The van der Waals surface area contributed by atoms with Crippen LogP contribution >= 0.6 is 11.3 Å². The van der Waals surface area contributed by atoms with Gasteiger partial charge in [0.2, 0.25) is 0 Å². The first kappa shape index (κ1) is 12.2. The van der Waals surface area contributed by atoms with Crippen LogP contribution in [0, 0.1) is 0 Å². The minimum atomic E-state index is -0.435. The van der Waals surface area contributed by atoms with Gasteiger partial charge < -0.3 is 10.5 Å². The Labute approximate surface area is 94.2 Å². The fourth-order valence-electron chi connectivity index (χ4n) is 1.11. The average Bonchev–Trinajstić information content (AvgIpc) is 2.50. The molecule has 0 amide bonds. The molecule has 0 aliphatic rings. The van der Waals surface area contributed by atoms with Gasteiger partial charge in [0.1, 0.15) is 10.5 Å². The number of hydrogen-bond donors (Lipinski definition) is 1. The molecule has 0 saturated heterocycles. The van der Waals surface area contributed by atoms with Crippen LogP contribution in [0.4, 0.5) is 0 Å². The van der Waals surface area contributed by atoms with E-state index in [-0.39, 0.29) is 5.97 Å². The van der Waals surface area contributed by atoms with Gasteiger partial charge in [-0.2, -0.15) is 0 Å². The Bertz CT molecular complexity index is 339. The molecule has 1 aromatic rings. The largest absolute Gasteiger partial charge is 0.456 e. The number of ether oxygens (including phenoxy) is 1. The van der Waals surface area contributed by atoms with Gasteiger partial charge in [0.05, 0.1) is 0 Å². The van der Waals surface area contributed by atoms with E-state index in [1.165, 1.54) is 11.3 Å². The number of carbonyl (C=O) groups is 1. The molecule has 0 radical (unpaired) electrons. The monoisotopic (exact) mass is 227 g/mol. The maximum absolute atomic E-state index is 11.6. The number of hydrogen-bond acceptors (Lipinski definition) is 4. The maximum Gasteiger partial charge on any atom is 0.348 e. The van der Waals surface area contributed by atoms with Crippen LogP contribution in [0.25, 0.3) is 0 Å². The van der Waals surface area contributed by atoms with Crippen molar-refractivity contribution in [3.63, 3.8) is 0 Å². The van der Waals surface area contributed by atoms with E-state index in [1.54, 1.807) is 0 Å². The van der Waals surface area contributed by atoms with Gasteiger partial charge in [-0.25, -0.2) is 4.79 Å². The highest BCUT2D eigenvalue weighted by molar-refractivity contribution is 7.12. The zero-order valence-electron chi connectivity index (χ0n) is 9.37. The molecule has 0 bridgehead atoms. The van der Waals surface area contributed by atoms with Gasteiger partial charge in [-0.3, -0.25) is 0 Å². The molecule has 2 N–H and O–H groups in total. The first-order valence-corrected chi connectivity index (χ1v) is 5.81. The molecule has 1 aromatic heterocycles. The quantitative estimate of drug-likeness (QED) is 0.805. The number of esters is 1. The van der Waals surface area contributed by atoms with E-state index in [9.17, 15) is 4.79 Å². The SMILES string of the molecule is CC(C)(C)OC(=O)c1cc(CCN)cs1. The molecule has 0 saturated carbocycles. The van der Waals surface area contributed by atoms with E-state index < -0.39 is 5.60 Å². The van der Waals surface area contributed by atoms with Gasteiger partial charge in [-0.15, -0.1) is 11.3 Å². The Kier molecular flexibility index (Phi) is 3.88. The molecule has 0 atom stereocenters. The summed E-state index contributed by atoms with van der Waals surface area (Å²) in [7, 11) is 0. The van der Waals surface area contributed by atoms with Crippen LogP contribution in [0.15, 0.2) is 11.4 Å². The molecule has 0 aromatic carbocycles. The number of thiophene rings is 1. The van der Waals surface area contributed by atoms with Crippen LogP contribution in [0.5, 0.6) is 0 Å². The summed E-state index contributed by atoms with van der Waals surface area (Å²) in [5.74, 6) is -0.254. The minimum Gasteiger partial charge on any atom is -0.456 e. The van der Waals surface area contributed by atoms with Crippen LogP contribution in [-0.4, -0.2) is 18.1 Å². The van der Waals surface area contributed by atoms with E-state index in [4.69, 9.17) is 10.5 Å². The van der Waals surface area contributed by atoms with Crippen LogP contribution in [0.2, 0.25) is 0 Å². The highest BCUT2D eigenvalue weighted by Gasteiger charge is 2.18. The predicted octanol–water partition coefficient (Wildman–Crippen LogP) is 2.20. The molecule has 4 heteroatoms. The molecule has 0 spiro atoms. The zero-order valence-corrected chi connectivity index (χ0v) is 10.2. The third-order valence-electron chi connectivity index (χ3n) is 1.69. The molecular formula is C11H17NO2S. The van der Waals surface area contributed by atoms with Crippen LogP contribution < -0.4 is 5.73 Å². The van der Waals surface area contributed by atoms with Crippen LogP contribution in [0.1, 0.15) is 36.0 Å². The van der Waals surface area contributed by atoms with Crippen molar-refractivity contribution in [2.75, 3.05) is 6.54 Å². The standard InChI is InChI=1S/C11H17NO2S/c1-11(2,3)14-10(13)9-6-8(4-5-12)7-15-9/h6-7H,4-5,12H2,1-3H3. The molecule has 0 aliphatic heterocycles. The van der Waals surface area contributed by atoms with Gasteiger partial charge in [-0.1, -0.05) is 0 Å². The second-order valence-electron chi connectivity index (χ2n) is 4.36. The summed E-state index contributed by atoms with van der Waals surface area (Å²) in [5.41, 5.74) is 6.10. The number of rotatable bonds is 3. The molecule has 0 aliphatic carbocycles. The first-order valence-electron chi connectivity index (χ1n) is 4.93. The number of nitrogens with two attached hydrogens (primary N) is 1. The van der Waals surface area contributed by atoms with Crippen molar-refractivity contribution in [2.24, 2.45) is 5.73 Å².